The zero-order chi connectivity index (χ0) is 41.4. The standard InChI is InChI=1S/C48H83NO7/c1-6-8-10-12-14-16-18-20-22-24-26-28-30-32-34-36-38-46(50)55-43-44(42-54-41-40-45(48(52)53)49(3,4)5)56-47(51)39-37-35-33-31-29-27-25-23-21-19-17-15-13-11-9-7-2/h8,10,14,16,20,22,26,28,32,34,44-45H,6-7,9,11-13,15,17-19,21,23-25,27,29-31,33,35-43H2,1-5H3/p+1/b10-8+,16-14+,22-20+,28-26+,34-32+. The highest BCUT2D eigenvalue weighted by molar-refractivity contribution is 5.72. The summed E-state index contributed by atoms with van der Waals surface area (Å²) >= 11 is 0. The lowest BCUT2D eigenvalue weighted by molar-refractivity contribution is -0.887. The summed E-state index contributed by atoms with van der Waals surface area (Å²) in [6, 6.07) is -0.625. The normalized spacial score (nSPS) is 13.5. The van der Waals surface area contributed by atoms with Gasteiger partial charge in [0.05, 0.1) is 34.4 Å². The Balaban J connectivity index is 4.44. The molecular weight excluding hydrogens is 703 g/mol. The van der Waals surface area contributed by atoms with E-state index in [4.69, 9.17) is 14.2 Å². The maximum atomic E-state index is 12.7. The number of hydrogen-bond acceptors (Lipinski definition) is 6. The molecule has 0 bridgehead atoms. The maximum absolute atomic E-state index is 12.7. The summed E-state index contributed by atoms with van der Waals surface area (Å²) in [6.07, 6.45) is 47.1. The Hall–Kier alpha value is -2.97. The fourth-order valence-corrected chi connectivity index (χ4v) is 6.26. The van der Waals surface area contributed by atoms with Gasteiger partial charge >= 0.3 is 17.9 Å². The summed E-state index contributed by atoms with van der Waals surface area (Å²) < 4.78 is 17.2. The first kappa shape index (κ1) is 53.0. The van der Waals surface area contributed by atoms with Gasteiger partial charge in [0.25, 0.3) is 0 Å². The van der Waals surface area contributed by atoms with Crippen LogP contribution in [-0.4, -0.2) is 80.6 Å². The van der Waals surface area contributed by atoms with E-state index < -0.39 is 18.1 Å². The van der Waals surface area contributed by atoms with Crippen molar-refractivity contribution in [2.45, 2.75) is 187 Å². The molecule has 2 unspecified atom stereocenters. The molecule has 0 radical (unpaired) electrons. The number of esters is 2. The van der Waals surface area contributed by atoms with Crippen LogP contribution in [-0.2, 0) is 28.6 Å². The number of aliphatic carboxylic acids is 1. The van der Waals surface area contributed by atoms with E-state index >= 15 is 0 Å². The molecule has 0 aromatic carbocycles. The van der Waals surface area contributed by atoms with Crippen molar-refractivity contribution >= 4 is 17.9 Å². The van der Waals surface area contributed by atoms with Crippen LogP contribution in [0.1, 0.15) is 174 Å². The molecule has 56 heavy (non-hydrogen) atoms. The second kappa shape index (κ2) is 38.9. The number of rotatable bonds is 39. The predicted octanol–water partition coefficient (Wildman–Crippen LogP) is 12.2. The molecule has 8 heteroatoms. The Morgan fingerprint density at radius 1 is 0.554 bits per heavy atom. The summed E-state index contributed by atoms with van der Waals surface area (Å²) in [5.74, 6) is -1.57. The zero-order valence-electron chi connectivity index (χ0n) is 36.6. The van der Waals surface area contributed by atoms with Gasteiger partial charge in [-0.25, -0.2) is 4.79 Å². The number of nitrogens with zero attached hydrogens (tertiary/aromatic N) is 1. The van der Waals surface area contributed by atoms with E-state index in [1.54, 1.807) is 0 Å². The fourth-order valence-electron chi connectivity index (χ4n) is 6.26. The number of carboxylic acid groups (broad SMARTS) is 1. The number of hydrogen-bond donors (Lipinski definition) is 1. The third kappa shape index (κ3) is 36.7. The summed E-state index contributed by atoms with van der Waals surface area (Å²) in [6.45, 7) is 4.55. The molecule has 0 amide bonds. The van der Waals surface area contributed by atoms with E-state index in [0.29, 0.717) is 19.3 Å². The topological polar surface area (TPSA) is 99.1 Å². The van der Waals surface area contributed by atoms with Crippen LogP contribution >= 0.6 is 0 Å². The first-order valence-corrected chi connectivity index (χ1v) is 22.3. The molecule has 2 atom stereocenters. The molecule has 0 aliphatic rings. The van der Waals surface area contributed by atoms with Crippen molar-refractivity contribution in [3.63, 3.8) is 0 Å². The van der Waals surface area contributed by atoms with Crippen LogP contribution in [0.25, 0.3) is 0 Å². The van der Waals surface area contributed by atoms with Gasteiger partial charge < -0.3 is 23.8 Å². The van der Waals surface area contributed by atoms with Crippen molar-refractivity contribution in [1.29, 1.82) is 0 Å². The first-order chi connectivity index (χ1) is 27.1. The molecule has 0 aromatic heterocycles. The first-order valence-electron chi connectivity index (χ1n) is 22.3. The van der Waals surface area contributed by atoms with E-state index in [-0.39, 0.29) is 42.7 Å². The summed E-state index contributed by atoms with van der Waals surface area (Å²) in [4.78, 5) is 36.9. The molecule has 0 aliphatic carbocycles. The van der Waals surface area contributed by atoms with Crippen molar-refractivity contribution in [3.8, 4) is 0 Å². The number of carbonyl (C=O) groups excluding carboxylic acids is 2. The summed E-state index contributed by atoms with van der Waals surface area (Å²) in [5, 5.41) is 9.62. The Morgan fingerprint density at radius 3 is 1.45 bits per heavy atom. The second-order valence-corrected chi connectivity index (χ2v) is 15.9. The quantitative estimate of drug-likeness (QED) is 0.0287. The lowest BCUT2D eigenvalue weighted by atomic mass is 10.0. The molecule has 1 N–H and O–H groups in total. The van der Waals surface area contributed by atoms with Gasteiger partial charge in [-0.2, -0.15) is 0 Å². The minimum Gasteiger partial charge on any atom is -0.477 e. The summed E-state index contributed by atoms with van der Waals surface area (Å²) in [5.41, 5.74) is 0. The van der Waals surface area contributed by atoms with E-state index in [1.807, 2.05) is 33.3 Å². The van der Waals surface area contributed by atoms with Crippen LogP contribution in [0, 0.1) is 0 Å². The molecule has 0 saturated heterocycles. The minimum absolute atomic E-state index is 0.0379. The molecule has 322 valence electrons. The van der Waals surface area contributed by atoms with Gasteiger partial charge in [-0.05, 0) is 44.9 Å². The number of quaternary nitrogens is 1. The van der Waals surface area contributed by atoms with E-state index in [9.17, 15) is 19.5 Å². The number of carbonyl (C=O) groups is 3. The predicted molar refractivity (Wildman–Crippen MR) is 234 cm³/mol. The van der Waals surface area contributed by atoms with Crippen molar-refractivity contribution in [1.82, 2.24) is 0 Å². The van der Waals surface area contributed by atoms with Crippen molar-refractivity contribution in [2.75, 3.05) is 41.0 Å². The average Bonchev–Trinajstić information content (AvgIpc) is 3.15. The molecule has 0 spiro atoms. The Kier molecular flexibility index (Phi) is 36.8. The van der Waals surface area contributed by atoms with Crippen molar-refractivity contribution < 1.29 is 38.2 Å². The van der Waals surface area contributed by atoms with Crippen LogP contribution in [0.15, 0.2) is 60.8 Å². The van der Waals surface area contributed by atoms with E-state index in [2.05, 4.69) is 62.5 Å². The SMILES string of the molecule is CC/C=C/C/C=C/C/C=C/C/C=C/C/C=C/CCC(=O)OCC(COCCC(C(=O)O)[N+](C)(C)C)OC(=O)CCCCCCCCCCCCCCCCCC. The monoisotopic (exact) mass is 787 g/mol. The average molecular weight is 787 g/mol. The molecular formula is C48H84NO7+. The highest BCUT2D eigenvalue weighted by atomic mass is 16.6. The third-order valence-corrected chi connectivity index (χ3v) is 9.70. The lowest BCUT2D eigenvalue weighted by Crippen LogP contribution is -2.50. The van der Waals surface area contributed by atoms with Gasteiger partial charge in [0.2, 0.25) is 0 Å². The Labute approximate surface area is 343 Å². The van der Waals surface area contributed by atoms with Gasteiger partial charge in [0.15, 0.2) is 12.1 Å². The lowest BCUT2D eigenvalue weighted by Gasteiger charge is -2.31. The number of unbranched alkanes of at least 4 members (excludes halogenated alkanes) is 15. The highest BCUT2D eigenvalue weighted by Gasteiger charge is 2.31. The van der Waals surface area contributed by atoms with Crippen molar-refractivity contribution in [3.05, 3.63) is 60.8 Å². The maximum Gasteiger partial charge on any atom is 0.362 e. The van der Waals surface area contributed by atoms with Crippen LogP contribution in [0.2, 0.25) is 0 Å². The molecule has 0 fully saturated rings. The van der Waals surface area contributed by atoms with Crippen LogP contribution in [0.5, 0.6) is 0 Å². The van der Waals surface area contributed by atoms with Gasteiger partial charge in [-0.15, -0.1) is 0 Å². The van der Waals surface area contributed by atoms with Gasteiger partial charge in [-0.3, -0.25) is 9.59 Å². The number of carboxylic acids is 1. The molecule has 0 heterocycles. The number of allylic oxidation sites excluding steroid dienone is 10. The molecule has 0 rings (SSSR count). The largest absolute Gasteiger partial charge is 0.477 e. The van der Waals surface area contributed by atoms with E-state index in [0.717, 1.165) is 51.4 Å². The van der Waals surface area contributed by atoms with Gasteiger partial charge in [0, 0.05) is 19.3 Å². The van der Waals surface area contributed by atoms with E-state index in [1.165, 1.54) is 83.5 Å². The minimum atomic E-state index is -0.885. The van der Waals surface area contributed by atoms with Crippen molar-refractivity contribution in [2.24, 2.45) is 0 Å². The summed E-state index contributed by atoms with van der Waals surface area (Å²) in [7, 11) is 5.50. The fraction of sp³-hybridized carbons (Fsp3) is 0.729. The van der Waals surface area contributed by atoms with Gasteiger partial charge in [-0.1, -0.05) is 171 Å². The molecule has 0 aromatic rings. The molecule has 8 nitrogen and oxygen atoms in total. The number of ether oxygens (including phenoxy) is 3. The smallest absolute Gasteiger partial charge is 0.362 e. The molecule has 0 saturated carbocycles. The van der Waals surface area contributed by atoms with Crippen LogP contribution in [0.3, 0.4) is 0 Å². The Morgan fingerprint density at radius 2 is 1.00 bits per heavy atom. The highest BCUT2D eigenvalue weighted by Crippen LogP contribution is 2.15. The molecule has 0 aliphatic heterocycles. The van der Waals surface area contributed by atoms with Crippen LogP contribution < -0.4 is 0 Å². The third-order valence-electron chi connectivity index (χ3n) is 9.70. The zero-order valence-corrected chi connectivity index (χ0v) is 36.6. The van der Waals surface area contributed by atoms with Crippen LogP contribution in [0.4, 0.5) is 0 Å². The van der Waals surface area contributed by atoms with Gasteiger partial charge in [0.1, 0.15) is 6.61 Å². The Bertz CT molecular complexity index is 1100. The second-order valence-electron chi connectivity index (χ2n) is 15.9. The number of likely N-dealkylation sites (N-methyl/N-ethyl adjacent to an activating group) is 1.